The number of anilines is 1. The van der Waals surface area contributed by atoms with E-state index >= 15 is 0 Å². The Hall–Kier alpha value is -2.72. The van der Waals surface area contributed by atoms with Gasteiger partial charge in [-0.1, -0.05) is 6.92 Å². The zero-order chi connectivity index (χ0) is 20.4. The van der Waals surface area contributed by atoms with Crippen LogP contribution in [0.1, 0.15) is 31.7 Å². The predicted octanol–water partition coefficient (Wildman–Crippen LogP) is 2.17. The lowest BCUT2D eigenvalue weighted by Crippen LogP contribution is -2.41. The maximum Gasteiger partial charge on any atom is 0.220 e. The minimum Gasteiger partial charge on any atom is -0.367 e. The lowest BCUT2D eigenvalue weighted by Gasteiger charge is -2.29. The van der Waals surface area contributed by atoms with Crippen molar-refractivity contribution in [2.75, 3.05) is 38.1 Å². The average Bonchev–Trinajstić information content (AvgIpc) is 3.08. The summed E-state index contributed by atoms with van der Waals surface area (Å²) < 4.78 is 0. The fraction of sp³-hybridized carbons (Fsp3) is 0.545. The van der Waals surface area contributed by atoms with E-state index in [9.17, 15) is 10.1 Å². The Labute approximate surface area is 171 Å². The van der Waals surface area contributed by atoms with E-state index < -0.39 is 0 Å². The molecule has 2 atom stereocenters. The first-order valence-corrected chi connectivity index (χ1v) is 10.4. The van der Waals surface area contributed by atoms with Gasteiger partial charge in [-0.2, -0.15) is 5.26 Å². The zero-order valence-corrected chi connectivity index (χ0v) is 17.1. The first-order chi connectivity index (χ1) is 14.0. The third-order valence-corrected chi connectivity index (χ3v) is 6.34. The van der Waals surface area contributed by atoms with Gasteiger partial charge in [0.1, 0.15) is 17.1 Å². The van der Waals surface area contributed by atoms with Gasteiger partial charge in [0, 0.05) is 31.9 Å². The molecule has 1 aromatic carbocycles. The van der Waals surface area contributed by atoms with Crippen molar-refractivity contribution in [1.82, 2.24) is 20.2 Å². The first kappa shape index (κ1) is 19.6. The minimum absolute atomic E-state index is 0.121. The first-order valence-electron chi connectivity index (χ1n) is 10.4. The second-order valence-electron chi connectivity index (χ2n) is 8.50. The standard InChI is InChI=1S/C22H28N6O/c1-15-13-28(19-4-3-17(12-23)21-22(19)25-8-7-24-21)14-18(15)26-20(29)11-16-5-9-27(2)10-6-16/h3-4,7-8,15-16,18H,5-6,9-11,13-14H2,1-2H3,(H,26,29). The van der Waals surface area contributed by atoms with Crippen LogP contribution in [0.5, 0.6) is 0 Å². The lowest BCUT2D eigenvalue weighted by atomic mass is 9.93. The number of hydrogen-bond acceptors (Lipinski definition) is 6. The number of nitrogens with zero attached hydrogens (tertiary/aromatic N) is 5. The smallest absolute Gasteiger partial charge is 0.220 e. The highest BCUT2D eigenvalue weighted by atomic mass is 16.1. The van der Waals surface area contributed by atoms with Crippen LogP contribution in [0.15, 0.2) is 24.5 Å². The van der Waals surface area contributed by atoms with E-state index in [1.165, 1.54) is 0 Å². The van der Waals surface area contributed by atoms with Gasteiger partial charge in [-0.05, 0) is 56.9 Å². The number of fused-ring (bicyclic) bond motifs is 1. The number of carbonyl (C=O) groups excluding carboxylic acids is 1. The summed E-state index contributed by atoms with van der Waals surface area (Å²) >= 11 is 0. The largest absolute Gasteiger partial charge is 0.367 e. The molecule has 0 radical (unpaired) electrons. The molecule has 0 bridgehead atoms. The molecule has 0 saturated carbocycles. The van der Waals surface area contributed by atoms with Gasteiger partial charge in [-0.25, -0.2) is 0 Å². The molecule has 0 aliphatic carbocycles. The van der Waals surface area contributed by atoms with Crippen LogP contribution >= 0.6 is 0 Å². The van der Waals surface area contributed by atoms with E-state index in [4.69, 9.17) is 0 Å². The number of rotatable bonds is 4. The van der Waals surface area contributed by atoms with Gasteiger partial charge in [0.2, 0.25) is 5.91 Å². The topological polar surface area (TPSA) is 85.1 Å². The van der Waals surface area contributed by atoms with Crippen LogP contribution in [0, 0.1) is 23.2 Å². The molecule has 2 aromatic rings. The summed E-state index contributed by atoms with van der Waals surface area (Å²) in [6, 6.07) is 6.07. The third kappa shape index (κ3) is 4.18. The maximum absolute atomic E-state index is 12.6. The van der Waals surface area contributed by atoms with Crippen molar-refractivity contribution in [2.45, 2.75) is 32.2 Å². The Kier molecular flexibility index (Phi) is 5.63. The van der Waals surface area contributed by atoms with Crippen LogP contribution in [0.4, 0.5) is 5.69 Å². The van der Waals surface area contributed by atoms with Crippen molar-refractivity contribution in [3.05, 3.63) is 30.1 Å². The van der Waals surface area contributed by atoms with Gasteiger partial charge in [0.15, 0.2) is 0 Å². The maximum atomic E-state index is 12.6. The molecular weight excluding hydrogens is 364 g/mol. The Bertz CT molecular complexity index is 931. The fourth-order valence-electron chi connectivity index (χ4n) is 4.53. The van der Waals surface area contributed by atoms with Gasteiger partial charge in [-0.15, -0.1) is 0 Å². The van der Waals surface area contributed by atoms with Crippen LogP contribution < -0.4 is 10.2 Å². The van der Waals surface area contributed by atoms with Crippen molar-refractivity contribution in [3.8, 4) is 6.07 Å². The van der Waals surface area contributed by atoms with Crippen molar-refractivity contribution in [1.29, 1.82) is 5.26 Å². The number of amides is 1. The molecule has 0 spiro atoms. The second kappa shape index (κ2) is 8.34. The molecule has 2 unspecified atom stereocenters. The number of benzene rings is 1. The van der Waals surface area contributed by atoms with Gasteiger partial charge >= 0.3 is 0 Å². The molecule has 2 fully saturated rings. The Morgan fingerprint density at radius 3 is 2.66 bits per heavy atom. The zero-order valence-electron chi connectivity index (χ0n) is 17.1. The van der Waals surface area contributed by atoms with Crippen LogP contribution in [0.3, 0.4) is 0 Å². The molecule has 4 rings (SSSR count). The number of aromatic nitrogens is 2. The van der Waals surface area contributed by atoms with E-state index in [0.717, 1.165) is 50.2 Å². The van der Waals surface area contributed by atoms with E-state index in [2.05, 4.69) is 45.1 Å². The van der Waals surface area contributed by atoms with Crippen LogP contribution in [0.25, 0.3) is 11.0 Å². The monoisotopic (exact) mass is 392 g/mol. The number of likely N-dealkylation sites (tertiary alicyclic amines) is 1. The van der Waals surface area contributed by atoms with Crippen molar-refractivity contribution < 1.29 is 4.79 Å². The number of nitrogens with one attached hydrogen (secondary N) is 1. The van der Waals surface area contributed by atoms with Crippen LogP contribution in [-0.2, 0) is 4.79 Å². The number of carbonyl (C=O) groups is 1. The van der Waals surface area contributed by atoms with Crippen molar-refractivity contribution in [2.24, 2.45) is 11.8 Å². The van der Waals surface area contributed by atoms with E-state index in [0.29, 0.717) is 29.3 Å². The summed E-state index contributed by atoms with van der Waals surface area (Å²) in [6.45, 7) is 5.93. The molecular formula is C22H28N6O. The SMILES string of the molecule is CC1CN(c2ccc(C#N)c3nccnc23)CC1NC(=O)CC1CCN(C)CC1. The van der Waals surface area contributed by atoms with Crippen LogP contribution in [0.2, 0.25) is 0 Å². The normalized spacial score (nSPS) is 23.3. The molecule has 2 saturated heterocycles. The van der Waals surface area contributed by atoms with Crippen molar-refractivity contribution in [3.63, 3.8) is 0 Å². The van der Waals surface area contributed by atoms with Crippen LogP contribution in [-0.4, -0.2) is 60.0 Å². The Balaban J connectivity index is 1.43. The number of piperidine rings is 1. The third-order valence-electron chi connectivity index (χ3n) is 6.34. The summed E-state index contributed by atoms with van der Waals surface area (Å²) in [5.41, 5.74) is 2.89. The van der Waals surface area contributed by atoms with E-state index in [-0.39, 0.29) is 11.9 Å². The molecule has 2 aliphatic heterocycles. The van der Waals surface area contributed by atoms with E-state index in [1.807, 2.05) is 12.1 Å². The molecule has 152 valence electrons. The molecule has 1 N–H and O–H groups in total. The quantitative estimate of drug-likeness (QED) is 0.858. The highest BCUT2D eigenvalue weighted by Gasteiger charge is 2.32. The fourth-order valence-corrected chi connectivity index (χ4v) is 4.53. The molecule has 3 heterocycles. The van der Waals surface area contributed by atoms with Crippen molar-refractivity contribution >= 4 is 22.6 Å². The van der Waals surface area contributed by atoms with Gasteiger partial charge in [0.25, 0.3) is 0 Å². The predicted molar refractivity (Wildman–Crippen MR) is 112 cm³/mol. The average molecular weight is 393 g/mol. The summed E-state index contributed by atoms with van der Waals surface area (Å²) in [4.78, 5) is 26.1. The highest BCUT2D eigenvalue weighted by Crippen LogP contribution is 2.31. The minimum atomic E-state index is 0.121. The highest BCUT2D eigenvalue weighted by molar-refractivity contribution is 5.92. The molecule has 1 amide bonds. The number of hydrogen-bond donors (Lipinski definition) is 1. The summed E-state index contributed by atoms with van der Waals surface area (Å²) in [6.07, 6.45) is 6.11. The summed E-state index contributed by atoms with van der Waals surface area (Å²) in [5, 5.41) is 12.6. The van der Waals surface area contributed by atoms with E-state index in [1.54, 1.807) is 12.4 Å². The number of nitriles is 1. The lowest BCUT2D eigenvalue weighted by molar-refractivity contribution is -0.123. The molecule has 2 aliphatic rings. The molecule has 1 aromatic heterocycles. The molecule has 7 heteroatoms. The Morgan fingerprint density at radius 2 is 1.93 bits per heavy atom. The Morgan fingerprint density at radius 1 is 1.21 bits per heavy atom. The summed E-state index contributed by atoms with van der Waals surface area (Å²) in [7, 11) is 2.14. The molecule has 7 nitrogen and oxygen atoms in total. The second-order valence-corrected chi connectivity index (χ2v) is 8.50. The summed E-state index contributed by atoms with van der Waals surface area (Å²) in [5.74, 6) is 1.01. The molecule has 29 heavy (non-hydrogen) atoms. The van der Waals surface area contributed by atoms with Gasteiger partial charge < -0.3 is 15.1 Å². The van der Waals surface area contributed by atoms with Gasteiger partial charge in [0.05, 0.1) is 17.3 Å². The van der Waals surface area contributed by atoms with Gasteiger partial charge in [-0.3, -0.25) is 14.8 Å².